The molecular weight excluding hydrogens is 235 g/mol. The summed E-state index contributed by atoms with van der Waals surface area (Å²) in [6, 6.07) is 5.76. The highest BCUT2D eigenvalue weighted by atomic mass is 19.4. The van der Waals surface area contributed by atoms with E-state index in [1.165, 1.54) is 18.2 Å². The fourth-order valence-electron chi connectivity index (χ4n) is 1.18. The van der Waals surface area contributed by atoms with E-state index in [2.05, 4.69) is 0 Å². The Morgan fingerprint density at radius 3 is 2.41 bits per heavy atom. The molecule has 0 heterocycles. The summed E-state index contributed by atoms with van der Waals surface area (Å²) in [7, 11) is 0. The third kappa shape index (κ3) is 3.08. The van der Waals surface area contributed by atoms with Crippen molar-refractivity contribution in [1.82, 2.24) is 0 Å². The monoisotopic (exact) mass is 241 g/mol. The van der Waals surface area contributed by atoms with Crippen molar-refractivity contribution >= 4 is 12.0 Å². The number of carboxylic acid groups (broad SMARTS) is 1. The third-order valence-electron chi connectivity index (χ3n) is 1.92. The van der Waals surface area contributed by atoms with Crippen LogP contribution >= 0.6 is 0 Å². The maximum atomic E-state index is 12.5. The molecule has 0 aliphatic heterocycles. The fraction of sp³-hybridized carbons (Fsp3) is 0.0909. The van der Waals surface area contributed by atoms with Gasteiger partial charge in [-0.15, -0.1) is 0 Å². The first-order valence-electron chi connectivity index (χ1n) is 4.37. The standard InChI is InChI=1S/C11H6F3NO2/c12-11(13,14)9-4-2-1-3-7(9)5-8(6-15)10(16)17/h1-5H,(H,16,17)/b8-5+. The van der Waals surface area contributed by atoms with Crippen LogP contribution in [0.25, 0.3) is 6.08 Å². The summed E-state index contributed by atoms with van der Waals surface area (Å²) < 4.78 is 37.6. The van der Waals surface area contributed by atoms with Gasteiger partial charge in [0.05, 0.1) is 5.56 Å². The zero-order valence-corrected chi connectivity index (χ0v) is 8.32. The van der Waals surface area contributed by atoms with Crippen molar-refractivity contribution in [2.45, 2.75) is 6.18 Å². The molecule has 0 radical (unpaired) electrons. The maximum Gasteiger partial charge on any atom is 0.416 e. The molecule has 1 aromatic carbocycles. The molecule has 1 aromatic rings. The topological polar surface area (TPSA) is 61.1 Å². The van der Waals surface area contributed by atoms with Crippen LogP contribution in [0.15, 0.2) is 29.8 Å². The summed E-state index contributed by atoms with van der Waals surface area (Å²) in [4.78, 5) is 10.5. The number of carbonyl (C=O) groups is 1. The van der Waals surface area contributed by atoms with Crippen LogP contribution in [0.3, 0.4) is 0 Å². The predicted octanol–water partition coefficient (Wildman–Crippen LogP) is 2.70. The molecule has 0 unspecified atom stereocenters. The van der Waals surface area contributed by atoms with Crippen LogP contribution in [0.4, 0.5) is 13.2 Å². The second-order valence-electron chi connectivity index (χ2n) is 3.06. The minimum atomic E-state index is -4.59. The molecule has 0 fully saturated rings. The minimum absolute atomic E-state index is 0.348. The SMILES string of the molecule is N#C/C(=C\c1ccccc1C(F)(F)F)C(=O)O. The van der Waals surface area contributed by atoms with Crippen LogP contribution in [0.2, 0.25) is 0 Å². The van der Waals surface area contributed by atoms with Crippen molar-refractivity contribution < 1.29 is 23.1 Å². The van der Waals surface area contributed by atoms with Crippen molar-refractivity contribution in [3.05, 3.63) is 41.0 Å². The van der Waals surface area contributed by atoms with Crippen LogP contribution in [0.5, 0.6) is 0 Å². The Morgan fingerprint density at radius 2 is 1.94 bits per heavy atom. The molecule has 0 saturated carbocycles. The molecule has 0 aliphatic rings. The van der Waals surface area contributed by atoms with Crippen LogP contribution in [0, 0.1) is 11.3 Å². The molecule has 0 bridgehead atoms. The average Bonchev–Trinajstić information content (AvgIpc) is 2.24. The number of aliphatic carboxylic acids is 1. The number of nitriles is 1. The summed E-state index contributed by atoms with van der Waals surface area (Å²) in [5.74, 6) is -1.57. The van der Waals surface area contributed by atoms with Gasteiger partial charge in [-0.05, 0) is 17.7 Å². The lowest BCUT2D eigenvalue weighted by atomic mass is 10.0. The normalized spacial score (nSPS) is 12.0. The van der Waals surface area contributed by atoms with Gasteiger partial charge in [-0.25, -0.2) is 4.79 Å². The van der Waals surface area contributed by atoms with E-state index >= 15 is 0 Å². The second kappa shape index (κ2) is 4.70. The molecule has 3 nitrogen and oxygen atoms in total. The number of carboxylic acids is 1. The number of halogens is 3. The van der Waals surface area contributed by atoms with Crippen LogP contribution in [-0.2, 0) is 11.0 Å². The highest BCUT2D eigenvalue weighted by molar-refractivity contribution is 5.96. The van der Waals surface area contributed by atoms with Gasteiger partial charge in [-0.1, -0.05) is 18.2 Å². The van der Waals surface area contributed by atoms with E-state index in [0.29, 0.717) is 6.08 Å². The average molecular weight is 241 g/mol. The van der Waals surface area contributed by atoms with E-state index in [1.54, 1.807) is 0 Å². The minimum Gasteiger partial charge on any atom is -0.477 e. The quantitative estimate of drug-likeness (QED) is 0.639. The predicted molar refractivity (Wildman–Crippen MR) is 52.7 cm³/mol. The molecule has 17 heavy (non-hydrogen) atoms. The number of rotatable bonds is 2. The summed E-state index contributed by atoms with van der Waals surface area (Å²) >= 11 is 0. The molecule has 0 spiro atoms. The van der Waals surface area contributed by atoms with Gasteiger partial charge in [0, 0.05) is 0 Å². The number of nitrogens with zero attached hydrogens (tertiary/aromatic N) is 1. The third-order valence-corrected chi connectivity index (χ3v) is 1.92. The van der Waals surface area contributed by atoms with E-state index in [0.717, 1.165) is 12.1 Å². The Balaban J connectivity index is 3.34. The number of hydrogen-bond donors (Lipinski definition) is 1. The van der Waals surface area contributed by atoms with Crippen molar-refractivity contribution in [3.8, 4) is 6.07 Å². The first-order valence-corrected chi connectivity index (χ1v) is 4.37. The molecule has 88 valence electrons. The van der Waals surface area contributed by atoms with E-state index in [4.69, 9.17) is 10.4 Å². The number of alkyl halides is 3. The number of benzene rings is 1. The lowest BCUT2D eigenvalue weighted by Gasteiger charge is -2.09. The Kier molecular flexibility index (Phi) is 3.53. The lowest BCUT2D eigenvalue weighted by molar-refractivity contribution is -0.138. The van der Waals surface area contributed by atoms with Gasteiger partial charge in [-0.3, -0.25) is 0 Å². The molecule has 1 rings (SSSR count). The molecule has 0 aromatic heterocycles. The Morgan fingerprint density at radius 1 is 1.35 bits per heavy atom. The molecule has 0 aliphatic carbocycles. The Bertz CT molecular complexity index is 512. The van der Waals surface area contributed by atoms with Crippen molar-refractivity contribution in [1.29, 1.82) is 5.26 Å². The molecule has 6 heteroatoms. The maximum absolute atomic E-state index is 12.5. The van der Waals surface area contributed by atoms with Gasteiger partial charge in [-0.2, -0.15) is 18.4 Å². The van der Waals surface area contributed by atoms with E-state index in [1.807, 2.05) is 0 Å². The highest BCUT2D eigenvalue weighted by Crippen LogP contribution is 2.32. The van der Waals surface area contributed by atoms with E-state index in [-0.39, 0.29) is 5.56 Å². The Labute approximate surface area is 94.4 Å². The first-order chi connectivity index (χ1) is 7.86. The van der Waals surface area contributed by atoms with Crippen molar-refractivity contribution in [3.63, 3.8) is 0 Å². The zero-order valence-electron chi connectivity index (χ0n) is 8.32. The fourth-order valence-corrected chi connectivity index (χ4v) is 1.18. The van der Waals surface area contributed by atoms with Crippen LogP contribution < -0.4 is 0 Å². The smallest absolute Gasteiger partial charge is 0.416 e. The number of hydrogen-bond acceptors (Lipinski definition) is 2. The van der Waals surface area contributed by atoms with E-state index < -0.39 is 23.3 Å². The molecular formula is C11H6F3NO2. The molecule has 1 N–H and O–H groups in total. The summed E-state index contributed by atoms with van der Waals surface area (Å²) in [5, 5.41) is 17.0. The van der Waals surface area contributed by atoms with Crippen molar-refractivity contribution in [2.24, 2.45) is 0 Å². The van der Waals surface area contributed by atoms with Gasteiger partial charge in [0.1, 0.15) is 11.6 Å². The van der Waals surface area contributed by atoms with Gasteiger partial charge >= 0.3 is 12.1 Å². The Hall–Kier alpha value is -2.29. The summed E-state index contributed by atoms with van der Waals surface area (Å²) in [5.41, 5.74) is -2.07. The van der Waals surface area contributed by atoms with Gasteiger partial charge < -0.3 is 5.11 Å². The second-order valence-corrected chi connectivity index (χ2v) is 3.06. The van der Waals surface area contributed by atoms with Gasteiger partial charge in [0.25, 0.3) is 0 Å². The molecule has 0 amide bonds. The molecule has 0 atom stereocenters. The summed E-state index contributed by atoms with van der Waals surface area (Å²) in [6.45, 7) is 0. The van der Waals surface area contributed by atoms with E-state index in [9.17, 15) is 18.0 Å². The first kappa shape index (κ1) is 12.8. The van der Waals surface area contributed by atoms with Crippen LogP contribution in [0.1, 0.15) is 11.1 Å². The van der Waals surface area contributed by atoms with Crippen LogP contribution in [-0.4, -0.2) is 11.1 Å². The van der Waals surface area contributed by atoms with Crippen molar-refractivity contribution in [2.75, 3.05) is 0 Å². The molecule has 0 saturated heterocycles. The largest absolute Gasteiger partial charge is 0.477 e. The van der Waals surface area contributed by atoms with Gasteiger partial charge in [0.2, 0.25) is 0 Å². The lowest BCUT2D eigenvalue weighted by Crippen LogP contribution is -2.07. The summed E-state index contributed by atoms with van der Waals surface area (Å²) in [6.07, 6.45) is -3.89. The van der Waals surface area contributed by atoms with Gasteiger partial charge in [0.15, 0.2) is 0 Å². The highest BCUT2D eigenvalue weighted by Gasteiger charge is 2.32. The zero-order chi connectivity index (χ0) is 13.1.